The number of anilines is 1. The minimum atomic E-state index is -0.259. The molecule has 0 atom stereocenters. The summed E-state index contributed by atoms with van der Waals surface area (Å²) in [5.74, 6) is 0.459. The van der Waals surface area contributed by atoms with E-state index in [4.69, 9.17) is 4.74 Å². The maximum Gasteiger partial charge on any atom is 0.124 e. The van der Waals surface area contributed by atoms with Gasteiger partial charge in [0.2, 0.25) is 0 Å². The molecule has 0 aliphatic rings. The number of hydrazine groups is 1. The molecule has 106 valence electrons. The molecule has 0 spiro atoms. The van der Waals surface area contributed by atoms with Gasteiger partial charge >= 0.3 is 0 Å². The van der Waals surface area contributed by atoms with Crippen LogP contribution in [-0.2, 0) is 6.54 Å². The molecule has 0 radical (unpaired) electrons. The van der Waals surface area contributed by atoms with Gasteiger partial charge in [-0.25, -0.2) is 9.82 Å². The van der Waals surface area contributed by atoms with E-state index >= 15 is 0 Å². The number of benzene rings is 2. The van der Waals surface area contributed by atoms with Gasteiger partial charge in [-0.2, -0.15) is 0 Å². The standard InChI is InChI=1S/C16H19FN2O/c1-2-10-20-16-9-8-14(17)11-13(16)12-18-19-15-6-4-3-5-7-15/h3-9,11,18-19H,2,10,12H2,1H3. The van der Waals surface area contributed by atoms with Crippen molar-refractivity contribution in [1.29, 1.82) is 0 Å². The van der Waals surface area contributed by atoms with Gasteiger partial charge in [-0.05, 0) is 36.8 Å². The quantitative estimate of drug-likeness (QED) is 0.755. The third kappa shape index (κ3) is 4.24. The fourth-order valence-electron chi connectivity index (χ4n) is 1.80. The number of nitrogens with one attached hydrogen (secondary N) is 2. The minimum absolute atomic E-state index is 0.259. The first-order chi connectivity index (χ1) is 9.79. The molecule has 3 nitrogen and oxygen atoms in total. The normalized spacial score (nSPS) is 10.3. The Bertz CT molecular complexity index is 531. The first kappa shape index (κ1) is 14.3. The summed E-state index contributed by atoms with van der Waals surface area (Å²) in [4.78, 5) is 0. The second-order valence-electron chi connectivity index (χ2n) is 4.45. The number of para-hydroxylation sites is 1. The summed E-state index contributed by atoms with van der Waals surface area (Å²) >= 11 is 0. The molecule has 2 rings (SSSR count). The van der Waals surface area contributed by atoms with E-state index in [1.165, 1.54) is 12.1 Å². The molecule has 0 bridgehead atoms. The third-order valence-electron chi connectivity index (χ3n) is 2.77. The van der Waals surface area contributed by atoms with E-state index in [1.807, 2.05) is 37.3 Å². The van der Waals surface area contributed by atoms with Crippen LogP contribution in [-0.4, -0.2) is 6.61 Å². The zero-order valence-electron chi connectivity index (χ0n) is 11.5. The van der Waals surface area contributed by atoms with Crippen LogP contribution in [0.3, 0.4) is 0 Å². The largest absolute Gasteiger partial charge is 0.493 e. The van der Waals surface area contributed by atoms with Gasteiger partial charge in [-0.15, -0.1) is 0 Å². The molecule has 0 aliphatic heterocycles. The van der Waals surface area contributed by atoms with Gasteiger partial charge in [0.15, 0.2) is 0 Å². The van der Waals surface area contributed by atoms with Gasteiger partial charge in [0.05, 0.1) is 6.61 Å². The number of rotatable bonds is 7. The minimum Gasteiger partial charge on any atom is -0.493 e. The summed E-state index contributed by atoms with van der Waals surface area (Å²) in [6.45, 7) is 3.15. The lowest BCUT2D eigenvalue weighted by Crippen LogP contribution is -2.21. The maximum absolute atomic E-state index is 13.3. The van der Waals surface area contributed by atoms with Crippen molar-refractivity contribution in [3.05, 3.63) is 59.9 Å². The van der Waals surface area contributed by atoms with Crippen LogP contribution in [0.4, 0.5) is 10.1 Å². The molecule has 0 heterocycles. The first-order valence-electron chi connectivity index (χ1n) is 6.74. The van der Waals surface area contributed by atoms with Gasteiger partial charge in [0.1, 0.15) is 11.6 Å². The van der Waals surface area contributed by atoms with Crippen molar-refractivity contribution in [3.63, 3.8) is 0 Å². The van der Waals surface area contributed by atoms with Crippen LogP contribution in [0.5, 0.6) is 5.75 Å². The van der Waals surface area contributed by atoms with Gasteiger partial charge in [-0.1, -0.05) is 25.1 Å². The highest BCUT2D eigenvalue weighted by Gasteiger charge is 2.05. The average Bonchev–Trinajstić information content (AvgIpc) is 2.47. The first-order valence-corrected chi connectivity index (χ1v) is 6.74. The second-order valence-corrected chi connectivity index (χ2v) is 4.45. The fourth-order valence-corrected chi connectivity index (χ4v) is 1.80. The summed E-state index contributed by atoms with van der Waals surface area (Å²) in [6, 6.07) is 14.3. The molecular weight excluding hydrogens is 255 g/mol. The monoisotopic (exact) mass is 274 g/mol. The SMILES string of the molecule is CCCOc1ccc(F)cc1CNNc1ccccc1. The second kappa shape index (κ2) is 7.50. The average molecular weight is 274 g/mol. The lowest BCUT2D eigenvalue weighted by atomic mass is 10.2. The van der Waals surface area contributed by atoms with Crippen LogP contribution in [0.25, 0.3) is 0 Å². The van der Waals surface area contributed by atoms with Gasteiger partial charge < -0.3 is 10.2 Å². The lowest BCUT2D eigenvalue weighted by molar-refractivity contribution is 0.313. The zero-order valence-corrected chi connectivity index (χ0v) is 11.5. The molecule has 4 heteroatoms. The number of hydrogen-bond acceptors (Lipinski definition) is 3. The van der Waals surface area contributed by atoms with Crippen molar-refractivity contribution >= 4 is 5.69 Å². The topological polar surface area (TPSA) is 33.3 Å². The smallest absolute Gasteiger partial charge is 0.124 e. The fraction of sp³-hybridized carbons (Fsp3) is 0.250. The van der Waals surface area contributed by atoms with Crippen molar-refractivity contribution in [2.75, 3.05) is 12.0 Å². The van der Waals surface area contributed by atoms with E-state index in [2.05, 4.69) is 10.9 Å². The van der Waals surface area contributed by atoms with E-state index in [0.717, 1.165) is 23.4 Å². The number of halogens is 1. The molecule has 0 amide bonds. The Labute approximate surface area is 118 Å². The molecule has 0 saturated heterocycles. The number of hydrogen-bond donors (Lipinski definition) is 2. The predicted molar refractivity (Wildman–Crippen MR) is 79.1 cm³/mol. The van der Waals surface area contributed by atoms with Crippen LogP contribution >= 0.6 is 0 Å². The van der Waals surface area contributed by atoms with E-state index in [0.29, 0.717) is 13.2 Å². The van der Waals surface area contributed by atoms with Gasteiger partial charge in [-0.3, -0.25) is 0 Å². The van der Waals surface area contributed by atoms with Crippen molar-refractivity contribution < 1.29 is 9.13 Å². The van der Waals surface area contributed by atoms with Crippen LogP contribution in [0.15, 0.2) is 48.5 Å². The van der Waals surface area contributed by atoms with E-state index < -0.39 is 0 Å². The molecule has 0 fully saturated rings. The Morgan fingerprint density at radius 3 is 2.65 bits per heavy atom. The van der Waals surface area contributed by atoms with Crippen LogP contribution < -0.4 is 15.6 Å². The molecule has 2 aromatic rings. The molecule has 0 aliphatic carbocycles. The van der Waals surface area contributed by atoms with Crippen LogP contribution in [0.1, 0.15) is 18.9 Å². The molecule has 0 saturated carbocycles. The Hall–Kier alpha value is -2.07. The summed E-state index contributed by atoms with van der Waals surface area (Å²) in [7, 11) is 0. The highest BCUT2D eigenvalue weighted by molar-refractivity contribution is 5.41. The number of ether oxygens (including phenoxy) is 1. The molecule has 20 heavy (non-hydrogen) atoms. The van der Waals surface area contributed by atoms with Crippen molar-refractivity contribution in [2.45, 2.75) is 19.9 Å². The van der Waals surface area contributed by atoms with Crippen LogP contribution in [0.2, 0.25) is 0 Å². The Kier molecular flexibility index (Phi) is 5.38. The highest BCUT2D eigenvalue weighted by Crippen LogP contribution is 2.20. The Morgan fingerprint density at radius 1 is 1.10 bits per heavy atom. The lowest BCUT2D eigenvalue weighted by Gasteiger charge is -2.13. The van der Waals surface area contributed by atoms with Gasteiger partial charge in [0.25, 0.3) is 0 Å². The highest BCUT2D eigenvalue weighted by atomic mass is 19.1. The van der Waals surface area contributed by atoms with Gasteiger partial charge in [0, 0.05) is 17.8 Å². The van der Waals surface area contributed by atoms with Crippen molar-refractivity contribution in [1.82, 2.24) is 5.43 Å². The van der Waals surface area contributed by atoms with Crippen molar-refractivity contribution in [2.24, 2.45) is 0 Å². The summed E-state index contributed by atoms with van der Waals surface area (Å²) in [5.41, 5.74) is 7.88. The van der Waals surface area contributed by atoms with E-state index in [1.54, 1.807) is 6.07 Å². The Morgan fingerprint density at radius 2 is 1.90 bits per heavy atom. The maximum atomic E-state index is 13.3. The zero-order chi connectivity index (χ0) is 14.2. The molecule has 2 aromatic carbocycles. The molecule has 2 N–H and O–H groups in total. The summed E-state index contributed by atoms with van der Waals surface area (Å²) < 4.78 is 18.9. The summed E-state index contributed by atoms with van der Waals surface area (Å²) in [6.07, 6.45) is 0.923. The predicted octanol–water partition coefficient (Wildman–Crippen LogP) is 3.73. The summed E-state index contributed by atoms with van der Waals surface area (Å²) in [5, 5.41) is 0. The molecule has 0 aromatic heterocycles. The van der Waals surface area contributed by atoms with Crippen LogP contribution in [0, 0.1) is 5.82 Å². The molecular formula is C16H19FN2O. The van der Waals surface area contributed by atoms with E-state index in [9.17, 15) is 4.39 Å². The Balaban J connectivity index is 1.95. The van der Waals surface area contributed by atoms with Crippen molar-refractivity contribution in [3.8, 4) is 5.75 Å². The third-order valence-corrected chi connectivity index (χ3v) is 2.77. The molecule has 0 unspecified atom stereocenters. The van der Waals surface area contributed by atoms with E-state index in [-0.39, 0.29) is 5.82 Å².